The monoisotopic (exact) mass is 224 g/mol. The number of amides is 2. The van der Waals surface area contributed by atoms with Crippen molar-refractivity contribution >= 4 is 11.8 Å². The van der Waals surface area contributed by atoms with E-state index >= 15 is 0 Å². The van der Waals surface area contributed by atoms with Gasteiger partial charge in [-0.15, -0.1) is 0 Å². The van der Waals surface area contributed by atoms with Crippen LogP contribution in [0.5, 0.6) is 0 Å². The number of carbonyl (C=O) groups is 2. The molecule has 0 aromatic rings. The lowest BCUT2D eigenvalue weighted by molar-refractivity contribution is -0.138. The summed E-state index contributed by atoms with van der Waals surface area (Å²) in [6.07, 6.45) is 5.03. The van der Waals surface area contributed by atoms with Crippen LogP contribution in [0, 0.1) is 5.92 Å². The van der Waals surface area contributed by atoms with Gasteiger partial charge in [0.05, 0.1) is 12.5 Å². The van der Waals surface area contributed by atoms with Crippen LogP contribution in [0.1, 0.15) is 39.0 Å². The lowest BCUT2D eigenvalue weighted by Gasteiger charge is -2.26. The normalized spacial score (nSPS) is 26.3. The molecule has 1 aliphatic carbocycles. The van der Waals surface area contributed by atoms with Crippen LogP contribution < -0.4 is 5.32 Å². The molecule has 1 unspecified atom stereocenters. The molecule has 1 atom stereocenters. The van der Waals surface area contributed by atoms with E-state index in [2.05, 4.69) is 5.32 Å². The highest BCUT2D eigenvalue weighted by Crippen LogP contribution is 2.25. The van der Waals surface area contributed by atoms with Crippen LogP contribution in [0.15, 0.2) is 0 Å². The fraction of sp³-hybridized carbons (Fsp3) is 0.833. The Morgan fingerprint density at radius 3 is 2.69 bits per heavy atom. The summed E-state index contributed by atoms with van der Waals surface area (Å²) in [6, 6.07) is -0.250. The maximum absolute atomic E-state index is 11.9. The molecular weight excluding hydrogens is 204 g/mol. The first-order valence-electron chi connectivity index (χ1n) is 6.30. The van der Waals surface area contributed by atoms with Gasteiger partial charge in [-0.05, 0) is 31.7 Å². The average molecular weight is 224 g/mol. The van der Waals surface area contributed by atoms with Gasteiger partial charge in [-0.25, -0.2) is 0 Å². The zero-order chi connectivity index (χ0) is 11.5. The molecule has 4 heteroatoms. The summed E-state index contributed by atoms with van der Waals surface area (Å²) >= 11 is 0. The molecule has 2 aliphatic rings. The van der Waals surface area contributed by atoms with Gasteiger partial charge in [0, 0.05) is 6.54 Å². The quantitative estimate of drug-likeness (QED) is 0.706. The summed E-state index contributed by atoms with van der Waals surface area (Å²) in [7, 11) is 0. The number of imide groups is 1. The molecule has 1 aliphatic heterocycles. The van der Waals surface area contributed by atoms with Crippen molar-refractivity contribution in [1.82, 2.24) is 10.2 Å². The van der Waals surface area contributed by atoms with Crippen molar-refractivity contribution in [2.24, 2.45) is 5.92 Å². The first-order chi connectivity index (χ1) is 7.72. The average Bonchev–Trinajstić information content (AvgIpc) is 2.44. The van der Waals surface area contributed by atoms with Crippen LogP contribution in [-0.4, -0.2) is 35.8 Å². The second kappa shape index (κ2) is 4.95. The Morgan fingerprint density at radius 1 is 1.38 bits per heavy atom. The van der Waals surface area contributed by atoms with Crippen molar-refractivity contribution in [3.8, 4) is 0 Å². The van der Waals surface area contributed by atoms with Gasteiger partial charge in [0.1, 0.15) is 0 Å². The van der Waals surface area contributed by atoms with Gasteiger partial charge in [-0.1, -0.05) is 13.3 Å². The topological polar surface area (TPSA) is 49.4 Å². The van der Waals surface area contributed by atoms with Gasteiger partial charge in [0.2, 0.25) is 11.8 Å². The highest BCUT2D eigenvalue weighted by atomic mass is 16.2. The summed E-state index contributed by atoms with van der Waals surface area (Å²) < 4.78 is 0. The minimum Gasteiger partial charge on any atom is -0.305 e. The van der Waals surface area contributed by atoms with Crippen molar-refractivity contribution < 1.29 is 9.59 Å². The predicted molar refractivity (Wildman–Crippen MR) is 60.8 cm³/mol. The summed E-state index contributed by atoms with van der Waals surface area (Å²) in [5.74, 6) is 0.687. The molecule has 1 heterocycles. The van der Waals surface area contributed by atoms with Crippen molar-refractivity contribution in [1.29, 1.82) is 0 Å². The maximum Gasteiger partial charge on any atom is 0.246 e. The van der Waals surface area contributed by atoms with Gasteiger partial charge in [0.25, 0.3) is 0 Å². The largest absolute Gasteiger partial charge is 0.305 e. The Kier molecular flexibility index (Phi) is 3.59. The summed E-state index contributed by atoms with van der Waals surface area (Å²) in [6.45, 7) is 3.44. The van der Waals surface area contributed by atoms with Crippen LogP contribution in [0.4, 0.5) is 0 Å². The Labute approximate surface area is 96.4 Å². The van der Waals surface area contributed by atoms with E-state index in [4.69, 9.17) is 0 Å². The lowest BCUT2D eigenvalue weighted by Crippen LogP contribution is -2.41. The molecule has 1 saturated heterocycles. The van der Waals surface area contributed by atoms with Gasteiger partial charge < -0.3 is 5.32 Å². The minimum atomic E-state index is -0.250. The highest BCUT2D eigenvalue weighted by molar-refractivity contribution is 6.05. The molecule has 90 valence electrons. The summed E-state index contributed by atoms with van der Waals surface area (Å²) in [5.41, 5.74) is 0. The van der Waals surface area contributed by atoms with E-state index in [9.17, 15) is 9.59 Å². The zero-order valence-corrected chi connectivity index (χ0v) is 9.87. The first kappa shape index (κ1) is 11.6. The smallest absolute Gasteiger partial charge is 0.246 e. The van der Waals surface area contributed by atoms with Crippen molar-refractivity contribution in [3.63, 3.8) is 0 Å². The predicted octanol–water partition coefficient (Wildman–Crippen LogP) is 0.914. The number of carbonyl (C=O) groups excluding carboxylic acids is 2. The van der Waals surface area contributed by atoms with Gasteiger partial charge in [-0.3, -0.25) is 14.5 Å². The maximum atomic E-state index is 11.9. The van der Waals surface area contributed by atoms with E-state index in [0.717, 1.165) is 18.9 Å². The lowest BCUT2D eigenvalue weighted by atomic mass is 9.85. The van der Waals surface area contributed by atoms with E-state index in [0.29, 0.717) is 13.0 Å². The molecule has 2 fully saturated rings. The highest BCUT2D eigenvalue weighted by Gasteiger charge is 2.37. The fourth-order valence-corrected chi connectivity index (χ4v) is 2.31. The minimum absolute atomic E-state index is 0.0158. The first-order valence-corrected chi connectivity index (χ1v) is 6.30. The number of nitrogens with one attached hydrogen (secondary N) is 1. The van der Waals surface area contributed by atoms with E-state index in [1.54, 1.807) is 0 Å². The standard InChI is InChI=1S/C12H20N2O2/c1-2-6-14-11(15)7-10(12(14)16)13-8-9-4-3-5-9/h9-10,13H,2-8H2,1H3. The molecule has 1 saturated carbocycles. The van der Waals surface area contributed by atoms with E-state index in [-0.39, 0.29) is 17.9 Å². The Morgan fingerprint density at radius 2 is 2.12 bits per heavy atom. The van der Waals surface area contributed by atoms with E-state index in [1.165, 1.54) is 24.2 Å². The second-order valence-corrected chi connectivity index (χ2v) is 4.85. The number of hydrogen-bond acceptors (Lipinski definition) is 3. The van der Waals surface area contributed by atoms with Crippen molar-refractivity contribution in [2.75, 3.05) is 13.1 Å². The third kappa shape index (κ3) is 2.26. The SMILES string of the molecule is CCCN1C(=O)CC(NCC2CCC2)C1=O. The molecule has 16 heavy (non-hydrogen) atoms. The van der Waals surface area contributed by atoms with Gasteiger partial charge in [0.15, 0.2) is 0 Å². The molecule has 4 nitrogen and oxygen atoms in total. The zero-order valence-electron chi connectivity index (χ0n) is 9.87. The molecule has 0 radical (unpaired) electrons. The van der Waals surface area contributed by atoms with Crippen molar-refractivity contribution in [2.45, 2.75) is 45.1 Å². The molecule has 0 spiro atoms. The molecule has 1 N–H and O–H groups in total. The molecule has 0 aromatic carbocycles. The summed E-state index contributed by atoms with van der Waals surface area (Å²) in [4.78, 5) is 24.8. The fourth-order valence-electron chi connectivity index (χ4n) is 2.31. The van der Waals surface area contributed by atoms with Gasteiger partial charge in [-0.2, -0.15) is 0 Å². The van der Waals surface area contributed by atoms with Crippen LogP contribution in [0.2, 0.25) is 0 Å². The molecule has 2 rings (SSSR count). The molecule has 0 bridgehead atoms. The molecular formula is C12H20N2O2. The van der Waals surface area contributed by atoms with Crippen LogP contribution in [-0.2, 0) is 9.59 Å². The summed E-state index contributed by atoms with van der Waals surface area (Å²) in [5, 5.41) is 3.24. The number of nitrogens with zero attached hydrogens (tertiary/aromatic N) is 1. The number of likely N-dealkylation sites (tertiary alicyclic amines) is 1. The molecule has 2 amide bonds. The Balaban J connectivity index is 1.81. The van der Waals surface area contributed by atoms with Crippen LogP contribution in [0.25, 0.3) is 0 Å². The molecule has 0 aromatic heterocycles. The van der Waals surface area contributed by atoms with Crippen LogP contribution >= 0.6 is 0 Å². The number of hydrogen-bond donors (Lipinski definition) is 1. The van der Waals surface area contributed by atoms with Crippen LogP contribution in [0.3, 0.4) is 0 Å². The van der Waals surface area contributed by atoms with E-state index < -0.39 is 0 Å². The second-order valence-electron chi connectivity index (χ2n) is 4.85. The third-order valence-electron chi connectivity index (χ3n) is 3.57. The Bertz CT molecular complexity index is 287. The van der Waals surface area contributed by atoms with Crippen molar-refractivity contribution in [3.05, 3.63) is 0 Å². The van der Waals surface area contributed by atoms with Gasteiger partial charge >= 0.3 is 0 Å². The Hall–Kier alpha value is -0.900. The number of rotatable bonds is 5. The van der Waals surface area contributed by atoms with E-state index in [1.807, 2.05) is 6.92 Å². The third-order valence-corrected chi connectivity index (χ3v) is 3.57.